The van der Waals surface area contributed by atoms with Gasteiger partial charge in [0.15, 0.2) is 34.5 Å². The third-order valence-corrected chi connectivity index (χ3v) is 13.3. The summed E-state index contributed by atoms with van der Waals surface area (Å²) < 4.78 is 92.3. The smallest absolute Gasteiger partial charge is 0.391 e. The van der Waals surface area contributed by atoms with Crippen LogP contribution in [0.3, 0.4) is 0 Å². The minimum absolute atomic E-state index is 0.0260. The number of sulfonamides is 1. The van der Waals surface area contributed by atoms with Gasteiger partial charge in [0.25, 0.3) is 21.8 Å². The predicted octanol–water partition coefficient (Wildman–Crippen LogP) is 6.03. The summed E-state index contributed by atoms with van der Waals surface area (Å²) in [6.45, 7) is 4.94. The normalized spacial score (nSPS) is 11.7. The second kappa shape index (κ2) is 24.7. The van der Waals surface area contributed by atoms with Crippen LogP contribution in [0.5, 0.6) is 40.2 Å². The first-order valence-electron chi connectivity index (χ1n) is 20.9. The molecule has 0 bridgehead atoms. The molecule has 0 aliphatic rings. The summed E-state index contributed by atoms with van der Waals surface area (Å²) in [4.78, 5) is 82.9. The van der Waals surface area contributed by atoms with Gasteiger partial charge in [0, 0.05) is 62.9 Å². The van der Waals surface area contributed by atoms with Crippen molar-refractivity contribution < 1.29 is 84.0 Å². The number of esters is 4. The molecule has 4 N–H and O–H groups in total. The van der Waals surface area contributed by atoms with Crippen LogP contribution in [0.25, 0.3) is 10.4 Å². The number of amides is 2. The summed E-state index contributed by atoms with van der Waals surface area (Å²) in [5.41, 5.74) is 0.370. The number of nitrogens with zero attached hydrogens (tertiary/aromatic N) is 1. The zero-order valence-corrected chi connectivity index (χ0v) is 40.6. The Morgan fingerprint density at radius 3 is 1.68 bits per heavy atom. The third kappa shape index (κ3) is 16.5. The number of halogens is 1. The Labute approximate surface area is 409 Å². The molecule has 1 atom stereocenters. The maximum atomic E-state index is 14.0. The average Bonchev–Trinajstić information content (AvgIpc) is 3.81. The largest absolute Gasteiger partial charge is 0.490 e. The lowest BCUT2D eigenvalue weighted by Crippen LogP contribution is -2.26. The predicted molar refractivity (Wildman–Crippen MR) is 250 cm³/mol. The standard InChI is InChI=1S/C46H44FN4O17PS2/c1-27(52)64-38-13-9-32(22-41(38)66-29(3)54)45(56)49-17-5-19-62-37-12-8-31(21-40(37)63-20-6-18-50-46(57)33-10-14-39(65-28(2)53)42(23-33)67-30(4)55)43-15-16-44(70-43)71(60,61)51-26-69(58,59)68-35-11-7-34(25-48)36(47)24-35/h7-16,21-24,51H,5-6,17-20,26H2,1-4H3,(H,49,56)(H,50,57)(H,58,59). The highest BCUT2D eigenvalue weighted by Crippen LogP contribution is 2.43. The quantitative estimate of drug-likeness (QED) is 0.0251. The van der Waals surface area contributed by atoms with Gasteiger partial charge < -0.3 is 48.5 Å². The highest BCUT2D eigenvalue weighted by Gasteiger charge is 2.27. The summed E-state index contributed by atoms with van der Waals surface area (Å²) >= 11 is 0.816. The van der Waals surface area contributed by atoms with Crippen molar-refractivity contribution >= 4 is 64.6 Å². The summed E-state index contributed by atoms with van der Waals surface area (Å²) in [6, 6.07) is 19.9. The first kappa shape index (κ1) is 54.3. The van der Waals surface area contributed by atoms with Gasteiger partial charge in [-0.15, -0.1) is 11.3 Å². The van der Waals surface area contributed by atoms with Crippen molar-refractivity contribution in [2.24, 2.45) is 0 Å². The van der Waals surface area contributed by atoms with Crippen LogP contribution in [0.4, 0.5) is 4.39 Å². The van der Waals surface area contributed by atoms with E-state index < -0.39 is 71.2 Å². The Hall–Kier alpha value is -7.68. The van der Waals surface area contributed by atoms with Gasteiger partial charge in [-0.1, -0.05) is 0 Å². The maximum absolute atomic E-state index is 14.0. The zero-order valence-electron chi connectivity index (χ0n) is 38.1. The molecule has 374 valence electrons. The van der Waals surface area contributed by atoms with Crippen LogP contribution in [0.1, 0.15) is 66.8 Å². The topological polar surface area (TPSA) is 298 Å². The summed E-state index contributed by atoms with van der Waals surface area (Å²) in [7, 11) is -9.09. The number of ether oxygens (including phenoxy) is 6. The van der Waals surface area contributed by atoms with E-state index in [1.165, 1.54) is 55.5 Å². The molecule has 0 saturated carbocycles. The number of hydrogen-bond acceptors (Lipinski definition) is 18. The molecule has 25 heteroatoms. The second-order valence-electron chi connectivity index (χ2n) is 14.7. The lowest BCUT2D eigenvalue weighted by molar-refractivity contribution is -0.134. The first-order chi connectivity index (χ1) is 33.6. The van der Waals surface area contributed by atoms with E-state index >= 15 is 0 Å². The number of hydrogen-bond donors (Lipinski definition) is 4. The molecule has 0 radical (unpaired) electrons. The number of carbonyl (C=O) groups is 6. The second-order valence-corrected chi connectivity index (χ2v) is 19.5. The van der Waals surface area contributed by atoms with Crippen molar-refractivity contribution in [1.29, 1.82) is 5.26 Å². The van der Waals surface area contributed by atoms with Gasteiger partial charge in [-0.05, 0) is 97.3 Å². The van der Waals surface area contributed by atoms with E-state index in [1.54, 1.807) is 24.3 Å². The molecule has 21 nitrogen and oxygen atoms in total. The Kier molecular flexibility index (Phi) is 18.9. The molecule has 0 aliphatic carbocycles. The molecule has 1 aromatic heterocycles. The molecule has 1 unspecified atom stereocenters. The van der Waals surface area contributed by atoms with Gasteiger partial charge in [-0.2, -0.15) is 9.98 Å². The van der Waals surface area contributed by atoms with Crippen LogP contribution in [0, 0.1) is 17.1 Å². The van der Waals surface area contributed by atoms with Gasteiger partial charge in [0.2, 0.25) is 0 Å². The molecular formula is C46H44FN4O17PS2. The summed E-state index contributed by atoms with van der Waals surface area (Å²) in [5.74, 6) is -5.07. The fraction of sp³-hybridized carbons (Fsp3) is 0.239. The van der Waals surface area contributed by atoms with Gasteiger partial charge in [-0.25, -0.2) is 17.4 Å². The lowest BCUT2D eigenvalue weighted by atomic mass is 10.1. The van der Waals surface area contributed by atoms with E-state index in [4.69, 9.17) is 38.2 Å². The minimum Gasteiger partial charge on any atom is -0.490 e. The molecule has 0 spiro atoms. The van der Waals surface area contributed by atoms with Crippen LogP contribution in [0.15, 0.2) is 89.1 Å². The molecule has 1 heterocycles. The third-order valence-electron chi connectivity index (χ3n) is 8.99. The molecule has 0 saturated heterocycles. The van der Waals surface area contributed by atoms with Crippen molar-refractivity contribution in [2.75, 3.05) is 32.6 Å². The van der Waals surface area contributed by atoms with Crippen molar-refractivity contribution in [3.8, 4) is 56.8 Å². The lowest BCUT2D eigenvalue weighted by Gasteiger charge is -2.15. The number of thiophene rings is 1. The van der Waals surface area contributed by atoms with E-state index in [9.17, 15) is 51.0 Å². The maximum Gasteiger partial charge on any atom is 0.391 e. The molecule has 0 aliphatic heterocycles. The zero-order chi connectivity index (χ0) is 51.9. The minimum atomic E-state index is -4.70. The van der Waals surface area contributed by atoms with Gasteiger partial charge in [0.05, 0.1) is 18.8 Å². The van der Waals surface area contributed by atoms with Crippen LogP contribution in [-0.4, -0.2) is 81.6 Å². The Morgan fingerprint density at radius 1 is 0.662 bits per heavy atom. The van der Waals surface area contributed by atoms with E-state index in [-0.39, 0.29) is 94.5 Å². The number of nitrogens with one attached hydrogen (secondary N) is 3. The van der Waals surface area contributed by atoms with Crippen molar-refractivity contribution in [3.05, 3.63) is 107 Å². The molecule has 71 heavy (non-hydrogen) atoms. The van der Waals surface area contributed by atoms with E-state index in [0.717, 1.165) is 50.3 Å². The van der Waals surface area contributed by atoms with E-state index in [1.807, 2.05) is 4.72 Å². The Balaban J connectivity index is 1.25. The highest BCUT2D eigenvalue weighted by molar-refractivity contribution is 7.92. The van der Waals surface area contributed by atoms with Crippen LogP contribution in [-0.2, 0) is 33.8 Å². The van der Waals surface area contributed by atoms with Gasteiger partial charge in [0.1, 0.15) is 28.1 Å². The van der Waals surface area contributed by atoms with Crippen LogP contribution in [0.2, 0.25) is 0 Å². The molecular weight excluding hydrogens is 995 g/mol. The Morgan fingerprint density at radius 2 is 1.17 bits per heavy atom. The molecule has 5 rings (SSSR count). The number of rotatable bonds is 23. The van der Waals surface area contributed by atoms with Crippen LogP contribution >= 0.6 is 18.9 Å². The highest BCUT2D eigenvalue weighted by atomic mass is 32.2. The van der Waals surface area contributed by atoms with Crippen molar-refractivity contribution in [1.82, 2.24) is 15.4 Å². The summed E-state index contributed by atoms with van der Waals surface area (Å²) in [5, 5.41) is 14.4. The van der Waals surface area contributed by atoms with Crippen LogP contribution < -0.4 is 48.3 Å². The van der Waals surface area contributed by atoms with Crippen molar-refractivity contribution in [2.45, 2.75) is 44.7 Å². The van der Waals surface area contributed by atoms with Crippen molar-refractivity contribution in [3.63, 3.8) is 0 Å². The SMILES string of the molecule is CC(=O)Oc1ccc(C(=O)NCCCOc2ccc(-c3ccc(S(=O)(=O)NCP(=O)(O)Oc4ccc(C#N)c(F)c4)s3)cc2OCCCNC(=O)c2ccc(OC(C)=O)c(OC(C)=O)c2)cc1OC(C)=O. The number of nitriles is 1. The Bertz CT molecular complexity index is 3050. The molecule has 2 amide bonds. The van der Waals surface area contributed by atoms with E-state index in [0.29, 0.717) is 10.4 Å². The number of benzene rings is 4. The molecule has 5 aromatic rings. The average molecular weight is 1040 g/mol. The van der Waals surface area contributed by atoms with E-state index in [2.05, 4.69) is 10.6 Å². The molecule has 4 aromatic carbocycles. The number of carbonyl (C=O) groups excluding carboxylic acids is 6. The van der Waals surface area contributed by atoms with Gasteiger partial charge in [-0.3, -0.25) is 28.8 Å². The van der Waals surface area contributed by atoms with Gasteiger partial charge >= 0.3 is 31.5 Å². The summed E-state index contributed by atoms with van der Waals surface area (Å²) in [6.07, 6.45) is -0.522. The first-order valence-corrected chi connectivity index (χ1v) is 25.0. The fourth-order valence-corrected chi connectivity index (χ4v) is 9.80. The molecule has 0 fully saturated rings. The monoisotopic (exact) mass is 1040 g/mol. The fourth-order valence-electron chi connectivity index (χ4n) is 5.95.